The quantitative estimate of drug-likeness (QED) is 0.663. The van der Waals surface area contributed by atoms with Gasteiger partial charge in [-0.05, 0) is 18.2 Å². The maximum absolute atomic E-state index is 12.0. The van der Waals surface area contributed by atoms with Crippen molar-refractivity contribution < 1.29 is 19.0 Å². The molecule has 0 spiro atoms. The van der Waals surface area contributed by atoms with E-state index in [1.54, 1.807) is 33.5 Å². The Morgan fingerprint density at radius 2 is 1.56 bits per heavy atom. The third-order valence-corrected chi connectivity index (χ3v) is 3.86. The van der Waals surface area contributed by atoms with E-state index in [0.29, 0.717) is 39.8 Å². The van der Waals surface area contributed by atoms with Gasteiger partial charge >= 0.3 is 0 Å². The van der Waals surface area contributed by atoms with Gasteiger partial charge in [-0.1, -0.05) is 18.2 Å². The summed E-state index contributed by atoms with van der Waals surface area (Å²) in [5.41, 5.74) is 1.75. The van der Waals surface area contributed by atoms with Crippen LogP contribution in [0.4, 0.5) is 0 Å². The minimum atomic E-state index is -0.118. The highest BCUT2D eigenvalue weighted by atomic mass is 16.5. The molecule has 3 rings (SSSR count). The molecule has 0 radical (unpaired) electrons. The molecule has 2 aromatic carbocycles. The van der Waals surface area contributed by atoms with Gasteiger partial charge in [0.2, 0.25) is 5.75 Å². The number of benzene rings is 2. The summed E-state index contributed by atoms with van der Waals surface area (Å²) in [6, 6.07) is 10.9. The lowest BCUT2D eigenvalue weighted by Crippen LogP contribution is -2.03. The zero-order valence-electron chi connectivity index (χ0n) is 14.5. The monoisotopic (exact) mass is 338 g/mol. The van der Waals surface area contributed by atoms with E-state index in [0.717, 1.165) is 5.39 Å². The molecule has 0 N–H and O–H groups in total. The molecule has 0 fully saturated rings. The summed E-state index contributed by atoms with van der Waals surface area (Å²) < 4.78 is 16.1. The number of ether oxygens (including phenoxy) is 3. The Morgan fingerprint density at radius 3 is 2.12 bits per heavy atom. The summed E-state index contributed by atoms with van der Waals surface area (Å²) in [5.74, 6) is 1.78. The molecule has 0 bridgehead atoms. The van der Waals surface area contributed by atoms with E-state index >= 15 is 0 Å². The second-order valence-electron chi connectivity index (χ2n) is 5.38. The van der Waals surface area contributed by atoms with Crippen molar-refractivity contribution in [2.45, 2.75) is 6.92 Å². The fraction of sp³-hybridized carbons (Fsp3) is 0.211. The zero-order valence-corrected chi connectivity index (χ0v) is 14.5. The van der Waals surface area contributed by atoms with Crippen LogP contribution >= 0.6 is 0 Å². The lowest BCUT2D eigenvalue weighted by molar-refractivity contribution is 0.101. The molecule has 1 heterocycles. The first-order chi connectivity index (χ1) is 12.1. The summed E-state index contributed by atoms with van der Waals surface area (Å²) in [6.07, 6.45) is 0. The van der Waals surface area contributed by atoms with Gasteiger partial charge in [0.25, 0.3) is 0 Å². The van der Waals surface area contributed by atoms with Gasteiger partial charge in [0.05, 0.1) is 26.8 Å². The van der Waals surface area contributed by atoms with Crippen LogP contribution in [-0.4, -0.2) is 37.1 Å². The average Bonchev–Trinajstić information content (AvgIpc) is 2.65. The number of aromatic nitrogens is 2. The molecule has 0 aliphatic heterocycles. The molecule has 3 aromatic rings. The molecule has 0 unspecified atom stereocenters. The van der Waals surface area contributed by atoms with Crippen molar-refractivity contribution in [1.29, 1.82) is 0 Å². The van der Waals surface area contributed by atoms with Gasteiger partial charge in [0, 0.05) is 17.9 Å². The highest BCUT2D eigenvalue weighted by molar-refractivity contribution is 6.04. The van der Waals surface area contributed by atoms with Crippen LogP contribution in [0.3, 0.4) is 0 Å². The highest BCUT2D eigenvalue weighted by Gasteiger charge is 2.17. The first-order valence-corrected chi connectivity index (χ1v) is 7.67. The number of hydrogen-bond acceptors (Lipinski definition) is 6. The summed E-state index contributed by atoms with van der Waals surface area (Å²) in [6.45, 7) is 1.49. The minimum absolute atomic E-state index is 0.118. The van der Waals surface area contributed by atoms with E-state index in [1.165, 1.54) is 6.92 Å². The van der Waals surface area contributed by atoms with Crippen molar-refractivity contribution in [1.82, 2.24) is 9.97 Å². The first kappa shape index (κ1) is 16.7. The van der Waals surface area contributed by atoms with Crippen LogP contribution < -0.4 is 14.2 Å². The Kier molecular flexibility index (Phi) is 4.52. The number of hydrogen-bond donors (Lipinski definition) is 0. The highest BCUT2D eigenvalue weighted by Crippen LogP contribution is 2.40. The summed E-state index contributed by atoms with van der Waals surface area (Å²) in [5, 5.41) is 0.728. The number of Topliss-reactive ketones (excluding diaryl/α,β-unsaturated/α-hetero) is 1. The predicted molar refractivity (Wildman–Crippen MR) is 94.6 cm³/mol. The molecular formula is C19H18N2O4. The second-order valence-corrected chi connectivity index (χ2v) is 5.38. The Labute approximate surface area is 145 Å². The molecule has 0 saturated heterocycles. The number of rotatable bonds is 5. The van der Waals surface area contributed by atoms with Crippen molar-refractivity contribution >= 4 is 16.7 Å². The van der Waals surface area contributed by atoms with E-state index in [2.05, 4.69) is 9.97 Å². The van der Waals surface area contributed by atoms with Crippen molar-refractivity contribution in [3.63, 3.8) is 0 Å². The Morgan fingerprint density at radius 1 is 0.920 bits per heavy atom. The maximum atomic E-state index is 12.0. The van der Waals surface area contributed by atoms with Crippen LogP contribution in [0, 0.1) is 0 Å². The molecule has 1 aromatic heterocycles. The molecule has 128 valence electrons. The fourth-order valence-corrected chi connectivity index (χ4v) is 2.68. The summed E-state index contributed by atoms with van der Waals surface area (Å²) >= 11 is 0. The number of nitrogens with zero attached hydrogens (tertiary/aromatic N) is 2. The third-order valence-electron chi connectivity index (χ3n) is 3.86. The fourth-order valence-electron chi connectivity index (χ4n) is 2.68. The van der Waals surface area contributed by atoms with Crippen molar-refractivity contribution in [3.8, 4) is 28.6 Å². The standard InChI is InChI=1S/C19H18N2O4/c1-11(22)17-13-7-5-6-8-14(13)20-19(21-17)12-9-15(23-2)18(25-4)16(10-12)24-3/h5-10H,1-4H3. The molecule has 0 aliphatic carbocycles. The van der Waals surface area contributed by atoms with Gasteiger partial charge in [-0.2, -0.15) is 0 Å². The lowest BCUT2D eigenvalue weighted by Gasteiger charge is -2.14. The lowest BCUT2D eigenvalue weighted by atomic mass is 10.1. The minimum Gasteiger partial charge on any atom is -0.493 e. The SMILES string of the molecule is COc1cc(-c2nc(C(C)=O)c3ccccc3n2)cc(OC)c1OC. The zero-order chi connectivity index (χ0) is 18.0. The van der Waals surface area contributed by atoms with E-state index in [4.69, 9.17) is 14.2 Å². The van der Waals surface area contributed by atoms with Crippen LogP contribution in [0.15, 0.2) is 36.4 Å². The Balaban J connectivity index is 2.28. The summed E-state index contributed by atoms with van der Waals surface area (Å²) in [7, 11) is 4.63. The summed E-state index contributed by atoms with van der Waals surface area (Å²) in [4.78, 5) is 21.1. The number of para-hydroxylation sites is 1. The van der Waals surface area contributed by atoms with Crippen LogP contribution in [0.1, 0.15) is 17.4 Å². The van der Waals surface area contributed by atoms with Gasteiger partial charge in [-0.25, -0.2) is 9.97 Å². The van der Waals surface area contributed by atoms with Crippen LogP contribution in [0.25, 0.3) is 22.3 Å². The maximum Gasteiger partial charge on any atom is 0.203 e. The van der Waals surface area contributed by atoms with E-state index in [9.17, 15) is 4.79 Å². The van der Waals surface area contributed by atoms with Crippen LogP contribution in [-0.2, 0) is 0 Å². The predicted octanol–water partition coefficient (Wildman–Crippen LogP) is 3.53. The number of ketones is 1. The van der Waals surface area contributed by atoms with Crippen molar-refractivity contribution in [2.24, 2.45) is 0 Å². The van der Waals surface area contributed by atoms with Crippen LogP contribution in [0.5, 0.6) is 17.2 Å². The number of methoxy groups -OCH3 is 3. The van der Waals surface area contributed by atoms with Crippen LogP contribution in [0.2, 0.25) is 0 Å². The number of carbonyl (C=O) groups excluding carboxylic acids is 1. The van der Waals surface area contributed by atoms with Gasteiger partial charge < -0.3 is 14.2 Å². The topological polar surface area (TPSA) is 70.5 Å². The molecule has 0 aliphatic rings. The molecule has 6 heteroatoms. The number of fused-ring (bicyclic) bond motifs is 1. The van der Waals surface area contributed by atoms with Gasteiger partial charge in [-0.3, -0.25) is 4.79 Å². The number of carbonyl (C=O) groups is 1. The smallest absolute Gasteiger partial charge is 0.203 e. The average molecular weight is 338 g/mol. The molecule has 0 saturated carbocycles. The Bertz CT molecular complexity index is 928. The van der Waals surface area contributed by atoms with E-state index < -0.39 is 0 Å². The molecule has 25 heavy (non-hydrogen) atoms. The molecular weight excluding hydrogens is 320 g/mol. The molecule has 0 amide bonds. The first-order valence-electron chi connectivity index (χ1n) is 7.67. The normalized spacial score (nSPS) is 10.6. The second kappa shape index (κ2) is 6.76. The largest absolute Gasteiger partial charge is 0.493 e. The van der Waals surface area contributed by atoms with E-state index in [-0.39, 0.29) is 5.78 Å². The van der Waals surface area contributed by atoms with Gasteiger partial charge in [-0.15, -0.1) is 0 Å². The molecule has 0 atom stereocenters. The third kappa shape index (κ3) is 2.98. The van der Waals surface area contributed by atoms with Crippen molar-refractivity contribution in [2.75, 3.05) is 21.3 Å². The van der Waals surface area contributed by atoms with Gasteiger partial charge in [0.1, 0.15) is 5.69 Å². The van der Waals surface area contributed by atoms with Gasteiger partial charge in [0.15, 0.2) is 23.1 Å². The van der Waals surface area contributed by atoms with Crippen molar-refractivity contribution in [3.05, 3.63) is 42.1 Å². The Hall–Kier alpha value is -3.15. The van der Waals surface area contributed by atoms with E-state index in [1.807, 2.05) is 24.3 Å². The molecule has 6 nitrogen and oxygen atoms in total.